The second-order valence-corrected chi connectivity index (χ2v) is 10.2. The predicted molar refractivity (Wildman–Crippen MR) is 110 cm³/mol. The van der Waals surface area contributed by atoms with Crippen LogP contribution in [0.2, 0.25) is 0 Å². The Morgan fingerprint density at radius 2 is 1.06 bits per heavy atom. The quantitative estimate of drug-likeness (QED) is 0.459. The van der Waals surface area contributed by atoms with E-state index >= 15 is 0 Å². The molecule has 4 bridgehead atoms. The molecule has 7 heteroatoms. The van der Waals surface area contributed by atoms with Crippen molar-refractivity contribution in [1.82, 2.24) is 14.7 Å². The van der Waals surface area contributed by atoms with Gasteiger partial charge in [-0.05, 0) is 42.9 Å². The molecular weight excluding hydrogens is 394 g/mol. The van der Waals surface area contributed by atoms with E-state index in [-0.39, 0.29) is 84.3 Å². The summed E-state index contributed by atoms with van der Waals surface area (Å²) in [7, 11) is 0. The van der Waals surface area contributed by atoms with Gasteiger partial charge >= 0.3 is 0 Å². The maximum absolute atomic E-state index is 13.1. The highest BCUT2D eigenvalue weighted by atomic mass is 16.2. The molecule has 6 aliphatic rings. The van der Waals surface area contributed by atoms with E-state index in [0.29, 0.717) is 6.54 Å². The van der Waals surface area contributed by atoms with Crippen LogP contribution in [-0.2, 0) is 19.2 Å². The van der Waals surface area contributed by atoms with E-state index in [0.717, 1.165) is 25.7 Å². The zero-order valence-corrected chi connectivity index (χ0v) is 17.9. The Kier molecular flexibility index (Phi) is 4.29. The van der Waals surface area contributed by atoms with Crippen LogP contribution in [0.25, 0.3) is 0 Å². The zero-order valence-electron chi connectivity index (χ0n) is 17.9. The van der Waals surface area contributed by atoms with Crippen molar-refractivity contribution in [1.29, 1.82) is 0 Å². The highest BCUT2D eigenvalue weighted by Crippen LogP contribution is 2.53. The summed E-state index contributed by atoms with van der Waals surface area (Å²) in [6, 6.07) is 0. The van der Waals surface area contributed by atoms with Gasteiger partial charge < -0.3 is 0 Å². The molecule has 0 N–H and O–H groups in total. The topological polar surface area (TPSA) is 78.0 Å². The SMILES string of the molecule is CCCCN(CN1C(=O)[C@@H]2[C@@H](C1=O)[C@H]1C=C[C@H]2C1)CN1C(=O)[C@@H]2[C@H](C1=O)[C@@H]1C=C[C@H]2C1. The number of hydrogen-bond acceptors (Lipinski definition) is 5. The first-order valence-electron chi connectivity index (χ1n) is 11.8. The van der Waals surface area contributed by atoms with Gasteiger partial charge in [-0.15, -0.1) is 0 Å². The molecule has 0 spiro atoms. The smallest absolute Gasteiger partial charge is 0.234 e. The van der Waals surface area contributed by atoms with Crippen molar-refractivity contribution in [3.8, 4) is 0 Å². The van der Waals surface area contributed by atoms with Crippen molar-refractivity contribution in [2.45, 2.75) is 32.6 Å². The Bertz CT molecular complexity index is 796. The van der Waals surface area contributed by atoms with Gasteiger partial charge in [0.2, 0.25) is 23.6 Å². The molecule has 2 saturated heterocycles. The maximum Gasteiger partial charge on any atom is 0.234 e. The molecule has 6 rings (SSSR count). The number of allylic oxidation sites excluding steroid dienone is 4. The molecule has 4 fully saturated rings. The monoisotopic (exact) mass is 423 g/mol. The van der Waals surface area contributed by atoms with Crippen LogP contribution in [0.1, 0.15) is 32.6 Å². The standard InChI is InChI=1S/C24H29N3O4/c1-2-3-8-25(11-26-21(28)17-13-4-5-14(9-13)18(17)22(26)29)12-27-23(30)19-15-6-7-16(10-15)20(19)24(27)31/h4-7,13-20H,2-3,8-12H2,1H3/t13-,14-,15-,16+,17-,18-,19-,20+/m0/s1. The van der Waals surface area contributed by atoms with E-state index in [1.165, 1.54) is 9.80 Å². The number of unbranched alkanes of at least 4 members (excludes halogenated alkanes) is 1. The van der Waals surface area contributed by atoms with Gasteiger partial charge in [0, 0.05) is 6.54 Å². The van der Waals surface area contributed by atoms with Crippen molar-refractivity contribution in [2.75, 3.05) is 19.9 Å². The van der Waals surface area contributed by atoms with Crippen molar-refractivity contribution in [2.24, 2.45) is 47.3 Å². The Labute approximate surface area is 182 Å². The van der Waals surface area contributed by atoms with Crippen LogP contribution in [0.15, 0.2) is 24.3 Å². The fourth-order valence-electron chi connectivity index (χ4n) is 7.17. The van der Waals surface area contributed by atoms with Crippen LogP contribution < -0.4 is 0 Å². The number of nitrogens with zero attached hydrogens (tertiary/aromatic N) is 3. The molecule has 0 radical (unpaired) electrons. The summed E-state index contributed by atoms with van der Waals surface area (Å²) in [5.74, 6) is -0.434. The number of amides is 4. The van der Waals surface area contributed by atoms with Crippen LogP contribution in [0.4, 0.5) is 0 Å². The summed E-state index contributed by atoms with van der Waals surface area (Å²) in [6.45, 7) is 3.06. The average Bonchev–Trinajstić information content (AvgIpc) is 3.59. The highest BCUT2D eigenvalue weighted by molar-refractivity contribution is 6.07. The molecule has 2 heterocycles. The lowest BCUT2D eigenvalue weighted by Crippen LogP contribution is -2.49. The zero-order chi connectivity index (χ0) is 21.4. The Morgan fingerprint density at radius 1 is 0.710 bits per heavy atom. The van der Waals surface area contributed by atoms with E-state index in [1.54, 1.807) is 0 Å². The Balaban J connectivity index is 1.19. The fraction of sp³-hybridized carbons (Fsp3) is 0.667. The minimum atomic E-state index is -0.216. The van der Waals surface area contributed by atoms with Gasteiger partial charge in [0.25, 0.3) is 0 Å². The lowest BCUT2D eigenvalue weighted by atomic mass is 9.85. The van der Waals surface area contributed by atoms with Gasteiger partial charge in [-0.3, -0.25) is 33.9 Å². The summed E-state index contributed by atoms with van der Waals surface area (Å²) >= 11 is 0. The molecule has 4 amide bonds. The van der Waals surface area contributed by atoms with E-state index in [4.69, 9.17) is 0 Å². The summed E-state index contributed by atoms with van der Waals surface area (Å²) in [6.07, 6.45) is 12.0. The molecule has 4 aliphatic carbocycles. The van der Waals surface area contributed by atoms with Crippen LogP contribution >= 0.6 is 0 Å². The Morgan fingerprint density at radius 3 is 1.39 bits per heavy atom. The van der Waals surface area contributed by atoms with Gasteiger partial charge in [-0.25, -0.2) is 0 Å². The van der Waals surface area contributed by atoms with Gasteiger partial charge in [0.1, 0.15) is 0 Å². The lowest BCUT2D eigenvalue weighted by molar-refractivity contribution is -0.146. The number of fused-ring (bicyclic) bond motifs is 10. The van der Waals surface area contributed by atoms with Crippen LogP contribution in [0, 0.1) is 47.3 Å². The lowest BCUT2D eigenvalue weighted by Gasteiger charge is -2.31. The maximum atomic E-state index is 13.1. The highest BCUT2D eigenvalue weighted by Gasteiger charge is 2.61. The van der Waals surface area contributed by atoms with Gasteiger partial charge in [0.05, 0.1) is 37.0 Å². The van der Waals surface area contributed by atoms with E-state index in [2.05, 4.69) is 31.2 Å². The molecule has 8 atom stereocenters. The molecule has 31 heavy (non-hydrogen) atoms. The molecule has 0 aromatic carbocycles. The number of carbonyl (C=O) groups excluding carboxylic acids is 4. The summed E-state index contributed by atoms with van der Waals surface area (Å²) in [5.41, 5.74) is 0. The third-order valence-corrected chi connectivity index (χ3v) is 8.63. The summed E-state index contributed by atoms with van der Waals surface area (Å²) < 4.78 is 0. The van der Waals surface area contributed by atoms with Crippen LogP contribution in [0.3, 0.4) is 0 Å². The van der Waals surface area contributed by atoms with Crippen molar-refractivity contribution >= 4 is 23.6 Å². The fourth-order valence-corrected chi connectivity index (χ4v) is 7.17. The minimum Gasteiger partial charge on any atom is -0.274 e. The second kappa shape index (κ2) is 6.86. The normalized spacial score (nSPS) is 41.6. The summed E-state index contributed by atoms with van der Waals surface area (Å²) in [5, 5.41) is 0. The average molecular weight is 424 g/mol. The minimum absolute atomic E-state index is 0.0773. The number of imide groups is 2. The molecule has 164 valence electrons. The molecule has 0 unspecified atom stereocenters. The van der Waals surface area contributed by atoms with E-state index < -0.39 is 0 Å². The molecule has 0 aromatic heterocycles. The number of likely N-dealkylation sites (tertiary alicyclic amines) is 2. The molecule has 2 saturated carbocycles. The largest absolute Gasteiger partial charge is 0.274 e. The summed E-state index contributed by atoms with van der Waals surface area (Å²) in [4.78, 5) is 57.2. The van der Waals surface area contributed by atoms with Gasteiger partial charge in [-0.1, -0.05) is 37.6 Å². The van der Waals surface area contributed by atoms with E-state index in [9.17, 15) is 19.2 Å². The predicted octanol–water partition coefficient (Wildman–Crippen LogP) is 1.62. The Hall–Kier alpha value is -2.28. The molecule has 7 nitrogen and oxygen atoms in total. The number of hydrogen-bond donors (Lipinski definition) is 0. The van der Waals surface area contributed by atoms with Gasteiger partial charge in [0.15, 0.2) is 0 Å². The molecular formula is C24H29N3O4. The number of carbonyl (C=O) groups is 4. The van der Waals surface area contributed by atoms with Crippen molar-refractivity contribution < 1.29 is 19.2 Å². The first kappa shape index (κ1) is 19.4. The third-order valence-electron chi connectivity index (χ3n) is 8.63. The van der Waals surface area contributed by atoms with Gasteiger partial charge in [-0.2, -0.15) is 0 Å². The first-order chi connectivity index (χ1) is 15.0. The van der Waals surface area contributed by atoms with Crippen molar-refractivity contribution in [3.05, 3.63) is 24.3 Å². The third kappa shape index (κ3) is 2.62. The second-order valence-electron chi connectivity index (χ2n) is 10.2. The molecule has 0 aromatic rings. The first-order valence-corrected chi connectivity index (χ1v) is 11.8. The van der Waals surface area contributed by atoms with Crippen LogP contribution in [-0.4, -0.2) is 58.2 Å². The molecule has 2 aliphatic heterocycles. The van der Waals surface area contributed by atoms with E-state index in [1.807, 2.05) is 4.90 Å². The number of rotatable bonds is 7. The van der Waals surface area contributed by atoms with Crippen molar-refractivity contribution in [3.63, 3.8) is 0 Å². The van der Waals surface area contributed by atoms with Crippen LogP contribution in [0.5, 0.6) is 0 Å².